The highest BCUT2D eigenvalue weighted by Gasteiger charge is 2.56. The fraction of sp³-hybridized carbons (Fsp3) is 0.276. The van der Waals surface area contributed by atoms with Crippen LogP contribution in [0, 0.1) is 17.0 Å². The minimum Gasteiger partial charge on any atom is -0.477 e. The summed E-state index contributed by atoms with van der Waals surface area (Å²) >= 11 is 0. The number of fused-ring (bicyclic) bond motifs is 4. The highest BCUT2D eigenvalue weighted by molar-refractivity contribution is 5.97. The number of nitrogens with two attached hydrogens (primary N) is 1. The second kappa shape index (κ2) is 8.09. The van der Waals surface area contributed by atoms with Gasteiger partial charge in [-0.25, -0.2) is 13.6 Å². The Kier molecular flexibility index (Phi) is 4.94. The third-order valence-corrected chi connectivity index (χ3v) is 8.67. The molecule has 2 aliphatic carbocycles. The predicted molar refractivity (Wildman–Crippen MR) is 143 cm³/mol. The summed E-state index contributed by atoms with van der Waals surface area (Å²) in [7, 11) is 1.67. The maximum absolute atomic E-state index is 15.5. The molecule has 2 atom stereocenters. The first kappa shape index (κ1) is 23.8. The number of benzene rings is 1. The van der Waals surface area contributed by atoms with Gasteiger partial charge >= 0.3 is 5.97 Å². The molecule has 0 bridgehead atoms. The van der Waals surface area contributed by atoms with Crippen molar-refractivity contribution < 1.29 is 18.7 Å². The highest BCUT2D eigenvalue weighted by Crippen LogP contribution is 2.56. The fourth-order valence-electron chi connectivity index (χ4n) is 6.43. The van der Waals surface area contributed by atoms with Crippen molar-refractivity contribution in [1.29, 1.82) is 0 Å². The molecule has 3 aliphatic rings. The summed E-state index contributed by atoms with van der Waals surface area (Å²) in [4.78, 5) is 31.4. The van der Waals surface area contributed by atoms with Crippen molar-refractivity contribution >= 4 is 22.9 Å². The topological polar surface area (TPSA) is 113 Å². The van der Waals surface area contributed by atoms with Crippen LogP contribution in [-0.2, 0) is 6.42 Å². The summed E-state index contributed by atoms with van der Waals surface area (Å²) in [6, 6.07) is 7.70. The molecule has 10 heteroatoms. The molecule has 0 unspecified atom stereocenters. The predicted octanol–water partition coefficient (Wildman–Crippen LogP) is 3.88. The molecule has 0 radical (unpaired) electrons. The molecule has 3 aromatic heterocycles. The van der Waals surface area contributed by atoms with Crippen LogP contribution in [0.5, 0.6) is 0 Å². The van der Waals surface area contributed by atoms with E-state index in [4.69, 9.17) is 10.7 Å². The summed E-state index contributed by atoms with van der Waals surface area (Å²) < 4.78 is 31.6. The maximum Gasteiger partial charge on any atom is 0.341 e. The second-order valence-corrected chi connectivity index (χ2v) is 10.8. The molecule has 39 heavy (non-hydrogen) atoms. The van der Waals surface area contributed by atoms with Crippen LogP contribution in [0.4, 0.5) is 20.2 Å². The largest absolute Gasteiger partial charge is 0.477 e. The van der Waals surface area contributed by atoms with Crippen molar-refractivity contribution in [2.24, 2.45) is 11.1 Å². The van der Waals surface area contributed by atoms with Crippen LogP contribution in [-0.4, -0.2) is 46.6 Å². The van der Waals surface area contributed by atoms with Gasteiger partial charge in [-0.2, -0.15) is 0 Å². The zero-order valence-corrected chi connectivity index (χ0v) is 21.1. The van der Waals surface area contributed by atoms with Gasteiger partial charge in [-0.05, 0) is 36.6 Å². The number of carbonyl (C=O) groups is 1. The maximum atomic E-state index is 15.5. The molecule has 1 aliphatic heterocycles. The van der Waals surface area contributed by atoms with E-state index in [1.807, 2.05) is 6.07 Å². The van der Waals surface area contributed by atoms with Crippen LogP contribution in [0.2, 0.25) is 0 Å². The van der Waals surface area contributed by atoms with E-state index in [2.05, 4.69) is 10.2 Å². The van der Waals surface area contributed by atoms with Crippen LogP contribution in [0.3, 0.4) is 0 Å². The number of pyridine rings is 3. The lowest BCUT2D eigenvalue weighted by molar-refractivity contribution is 0.0694. The van der Waals surface area contributed by atoms with Gasteiger partial charge in [0.25, 0.3) is 5.56 Å². The van der Waals surface area contributed by atoms with Gasteiger partial charge in [-0.3, -0.25) is 14.2 Å². The molecular weight excluding hydrogens is 504 g/mol. The number of halogens is 2. The van der Waals surface area contributed by atoms with Crippen molar-refractivity contribution in [2.75, 3.05) is 30.4 Å². The molecular formula is C29H25F2N5O3. The Labute approximate surface area is 221 Å². The molecule has 4 aromatic rings. The minimum absolute atomic E-state index is 0.00217. The number of aromatic carboxylic acids is 1. The average molecular weight is 530 g/mol. The standard InChI is InChI=1S/C29H25F2N5O3/c1-33-20-9-19(30)25(31)23-17(20)8-21-24(23)26(35-7-6-29(13-35)10-22(29)32)18(11-34-21)14-2-3-15-4-5-16(28(38)39)27(37)36(15)12-14/h2-5,9,11-12,22,33H,6-8,10,13,32H2,1H3,(H,38,39)/t22-,29+/m0/s1. The molecule has 1 aromatic carbocycles. The number of carboxylic acids is 1. The summed E-state index contributed by atoms with van der Waals surface area (Å²) in [5, 5.41) is 12.4. The lowest BCUT2D eigenvalue weighted by atomic mass is 9.97. The van der Waals surface area contributed by atoms with Gasteiger partial charge in [0.1, 0.15) is 5.56 Å². The van der Waals surface area contributed by atoms with Crippen LogP contribution in [0.15, 0.2) is 47.5 Å². The van der Waals surface area contributed by atoms with Gasteiger partial charge in [0.2, 0.25) is 0 Å². The molecule has 4 heterocycles. The van der Waals surface area contributed by atoms with Gasteiger partial charge < -0.3 is 21.1 Å². The lowest BCUT2D eigenvalue weighted by Gasteiger charge is -2.26. The Hall–Kier alpha value is -4.31. The quantitative estimate of drug-likeness (QED) is 0.324. The molecule has 0 amide bonds. The molecule has 4 N–H and O–H groups in total. The Bertz CT molecular complexity index is 1800. The van der Waals surface area contributed by atoms with E-state index in [-0.39, 0.29) is 22.6 Å². The minimum atomic E-state index is -1.31. The smallest absolute Gasteiger partial charge is 0.341 e. The molecule has 8 nitrogen and oxygen atoms in total. The van der Waals surface area contributed by atoms with Crippen LogP contribution >= 0.6 is 0 Å². The Morgan fingerprint density at radius 1 is 1.23 bits per heavy atom. The van der Waals surface area contributed by atoms with Crippen LogP contribution in [0.25, 0.3) is 27.8 Å². The van der Waals surface area contributed by atoms with Crippen molar-refractivity contribution in [3.63, 3.8) is 0 Å². The first-order valence-electron chi connectivity index (χ1n) is 12.8. The number of hydrogen-bond donors (Lipinski definition) is 3. The van der Waals surface area contributed by atoms with Gasteiger partial charge in [0.15, 0.2) is 11.6 Å². The normalized spacial score (nSPS) is 20.9. The summed E-state index contributed by atoms with van der Waals surface area (Å²) in [5.74, 6) is -3.17. The van der Waals surface area contributed by atoms with E-state index < -0.39 is 23.2 Å². The fourth-order valence-corrected chi connectivity index (χ4v) is 6.43. The Morgan fingerprint density at radius 3 is 2.69 bits per heavy atom. The summed E-state index contributed by atoms with van der Waals surface area (Å²) in [6.45, 7) is 1.37. The van der Waals surface area contributed by atoms with E-state index in [9.17, 15) is 19.1 Å². The van der Waals surface area contributed by atoms with Crippen molar-refractivity contribution in [2.45, 2.75) is 25.3 Å². The summed E-state index contributed by atoms with van der Waals surface area (Å²) in [6.07, 6.45) is 5.45. The van der Waals surface area contributed by atoms with E-state index in [1.165, 1.54) is 16.5 Å². The number of hydrogen-bond acceptors (Lipinski definition) is 6. The molecule has 1 saturated heterocycles. The number of rotatable bonds is 4. The number of nitrogens with one attached hydrogen (secondary N) is 1. The third-order valence-electron chi connectivity index (χ3n) is 8.67. The lowest BCUT2D eigenvalue weighted by Crippen LogP contribution is -2.24. The second-order valence-electron chi connectivity index (χ2n) is 10.8. The zero-order chi connectivity index (χ0) is 27.2. The molecule has 2 fully saturated rings. The molecule has 1 saturated carbocycles. The van der Waals surface area contributed by atoms with Crippen molar-refractivity contribution in [1.82, 2.24) is 9.38 Å². The van der Waals surface area contributed by atoms with Crippen molar-refractivity contribution in [3.8, 4) is 22.3 Å². The Morgan fingerprint density at radius 2 is 2.00 bits per heavy atom. The summed E-state index contributed by atoms with van der Waals surface area (Å²) in [5.41, 5.74) is 10.4. The van der Waals surface area contributed by atoms with Crippen LogP contribution < -0.4 is 21.5 Å². The van der Waals surface area contributed by atoms with E-state index in [0.717, 1.165) is 18.5 Å². The van der Waals surface area contributed by atoms with E-state index >= 15 is 4.39 Å². The Balaban J connectivity index is 1.50. The highest BCUT2D eigenvalue weighted by atomic mass is 19.2. The SMILES string of the molecule is CNc1cc(F)c(F)c2c1Cc1ncc(-c3ccc4ccc(C(=O)O)c(=O)n4c3)c(N3CC[C@@]4(C[C@@H]4N)C3)c1-2. The zero-order valence-electron chi connectivity index (χ0n) is 21.1. The number of aromatic nitrogens is 2. The first-order chi connectivity index (χ1) is 18.7. The average Bonchev–Trinajstić information content (AvgIpc) is 3.23. The molecule has 1 spiro atoms. The molecule has 7 rings (SSSR count). The van der Waals surface area contributed by atoms with Crippen molar-refractivity contribution in [3.05, 3.63) is 81.5 Å². The van der Waals surface area contributed by atoms with Gasteiger partial charge in [-0.15, -0.1) is 0 Å². The third kappa shape index (κ3) is 3.34. The number of carboxylic acid groups (broad SMARTS) is 1. The van der Waals surface area contributed by atoms with E-state index in [1.54, 1.807) is 31.6 Å². The number of nitrogens with zero attached hydrogens (tertiary/aromatic N) is 3. The van der Waals surface area contributed by atoms with Gasteiger partial charge in [0.05, 0.1) is 11.4 Å². The van der Waals surface area contributed by atoms with Crippen LogP contribution in [0.1, 0.15) is 34.5 Å². The monoisotopic (exact) mass is 529 g/mol. The number of anilines is 2. The van der Waals surface area contributed by atoms with Gasteiger partial charge in [0, 0.05) is 89.9 Å². The van der Waals surface area contributed by atoms with E-state index in [0.29, 0.717) is 58.7 Å². The first-order valence-corrected chi connectivity index (χ1v) is 12.8. The van der Waals surface area contributed by atoms with Gasteiger partial charge in [-0.1, -0.05) is 6.07 Å². The molecule has 198 valence electrons.